The van der Waals surface area contributed by atoms with Crippen LogP contribution >= 0.6 is 24.2 Å². The Bertz CT molecular complexity index is 549. The minimum atomic E-state index is -0.144. The maximum absolute atomic E-state index is 11.2. The van der Waals surface area contributed by atoms with Crippen LogP contribution in [0.3, 0.4) is 0 Å². The summed E-state index contributed by atoms with van der Waals surface area (Å²) in [5.74, 6) is -0.144. The van der Waals surface area contributed by atoms with Crippen molar-refractivity contribution in [3.8, 4) is 0 Å². The molecule has 0 saturated heterocycles. The lowest BCUT2D eigenvalue weighted by Crippen LogP contribution is -2.21. The number of rotatable bonds is 2. The molecule has 1 aliphatic heterocycles. The van der Waals surface area contributed by atoms with E-state index >= 15 is 0 Å². The third-order valence-electron chi connectivity index (χ3n) is 2.35. The summed E-state index contributed by atoms with van der Waals surface area (Å²) in [6.07, 6.45) is 2.03. The molecule has 92 valence electrons. The Hall–Kier alpha value is -1.46. The maximum atomic E-state index is 11.2. The van der Waals surface area contributed by atoms with E-state index in [1.165, 1.54) is 23.3 Å². The van der Waals surface area contributed by atoms with Crippen molar-refractivity contribution in [1.82, 2.24) is 4.41 Å². The lowest BCUT2D eigenvalue weighted by Gasteiger charge is -2.09. The summed E-state index contributed by atoms with van der Waals surface area (Å²) in [4.78, 5) is 12.5. The molecule has 0 radical (unpaired) electrons. The van der Waals surface area contributed by atoms with Crippen molar-refractivity contribution in [3.05, 3.63) is 40.8 Å². The Morgan fingerprint density at radius 1 is 1.39 bits per heavy atom. The molecule has 1 aromatic carbocycles. The molecule has 0 unspecified atom stereocenters. The highest BCUT2D eigenvalue weighted by atomic mass is 32.2. The number of hydrazone groups is 1. The molecule has 0 aromatic heterocycles. The fourth-order valence-corrected chi connectivity index (χ4v) is 2.49. The first-order chi connectivity index (χ1) is 8.58. The lowest BCUT2D eigenvalue weighted by molar-refractivity contribution is -0.111. The minimum absolute atomic E-state index is 0.144. The van der Waals surface area contributed by atoms with E-state index in [2.05, 4.69) is 5.10 Å². The van der Waals surface area contributed by atoms with E-state index < -0.39 is 0 Å². The lowest BCUT2D eigenvalue weighted by atomic mass is 10.2. The Balaban J connectivity index is 2.20. The number of benzene rings is 1. The molecule has 0 N–H and O–H groups in total. The number of hydrogen-bond donors (Lipinski definition) is 0. The number of nitrogens with zero attached hydrogens (tertiary/aromatic N) is 2. The molecule has 18 heavy (non-hydrogen) atoms. The summed E-state index contributed by atoms with van der Waals surface area (Å²) in [6.45, 7) is 3.36. The third kappa shape index (κ3) is 2.86. The van der Waals surface area contributed by atoms with E-state index in [0.29, 0.717) is 0 Å². The summed E-state index contributed by atoms with van der Waals surface area (Å²) in [6, 6.07) is 9.98. The predicted octanol–water partition coefficient (Wildman–Crippen LogP) is 3.28. The van der Waals surface area contributed by atoms with Crippen molar-refractivity contribution >= 4 is 46.7 Å². The molecule has 0 fully saturated rings. The largest absolute Gasteiger partial charge is 0.292 e. The van der Waals surface area contributed by atoms with Gasteiger partial charge in [0.25, 0.3) is 0 Å². The Kier molecular flexibility index (Phi) is 3.93. The van der Waals surface area contributed by atoms with Crippen molar-refractivity contribution in [3.63, 3.8) is 0 Å². The van der Waals surface area contributed by atoms with Gasteiger partial charge in [-0.2, -0.15) is 9.52 Å². The zero-order valence-corrected chi connectivity index (χ0v) is 11.7. The SMILES string of the molecule is CC(=O)C(=S)N1N=C(C)/C(=C\c2ccccc2)S1. The van der Waals surface area contributed by atoms with Crippen molar-refractivity contribution in [2.45, 2.75) is 13.8 Å². The zero-order valence-electron chi connectivity index (χ0n) is 10.1. The molecule has 2 rings (SSSR count). The van der Waals surface area contributed by atoms with E-state index in [1.54, 1.807) is 0 Å². The first kappa shape index (κ1) is 13.0. The second-order valence-electron chi connectivity index (χ2n) is 3.83. The van der Waals surface area contributed by atoms with Gasteiger partial charge in [-0.3, -0.25) is 4.79 Å². The number of Topliss-reactive ketones (excluding diaryl/α,β-unsaturated/α-hetero) is 1. The molecule has 0 amide bonds. The van der Waals surface area contributed by atoms with Crippen molar-refractivity contribution < 1.29 is 4.79 Å². The van der Waals surface area contributed by atoms with Crippen LogP contribution < -0.4 is 0 Å². The van der Waals surface area contributed by atoms with Crippen LogP contribution in [0.25, 0.3) is 6.08 Å². The highest BCUT2D eigenvalue weighted by Crippen LogP contribution is 2.32. The summed E-state index contributed by atoms with van der Waals surface area (Å²) in [5, 5.41) is 4.27. The molecule has 1 aromatic rings. The van der Waals surface area contributed by atoms with Crippen LogP contribution in [-0.4, -0.2) is 20.9 Å². The van der Waals surface area contributed by atoms with Gasteiger partial charge in [0.15, 0.2) is 10.8 Å². The third-order valence-corrected chi connectivity index (χ3v) is 3.98. The van der Waals surface area contributed by atoms with Crippen molar-refractivity contribution in [1.29, 1.82) is 0 Å². The minimum Gasteiger partial charge on any atom is -0.292 e. The van der Waals surface area contributed by atoms with Gasteiger partial charge in [0.05, 0.1) is 10.6 Å². The molecule has 1 aliphatic rings. The Morgan fingerprint density at radius 3 is 2.67 bits per heavy atom. The smallest absolute Gasteiger partial charge is 0.189 e. The van der Waals surface area contributed by atoms with Gasteiger partial charge in [-0.15, -0.1) is 0 Å². The van der Waals surface area contributed by atoms with E-state index in [4.69, 9.17) is 12.2 Å². The highest BCUT2D eigenvalue weighted by molar-refractivity contribution is 8.03. The average Bonchev–Trinajstić information content (AvgIpc) is 2.71. The van der Waals surface area contributed by atoms with Crippen molar-refractivity contribution in [2.75, 3.05) is 0 Å². The Morgan fingerprint density at radius 2 is 2.06 bits per heavy atom. The molecule has 0 spiro atoms. The van der Waals surface area contributed by atoms with Gasteiger partial charge in [0.2, 0.25) is 0 Å². The van der Waals surface area contributed by atoms with E-state index in [0.717, 1.165) is 16.2 Å². The molecule has 1 heterocycles. The standard InChI is InChI=1S/C13H12N2OS2/c1-9-12(8-11-6-4-3-5-7-11)18-15(14-9)13(17)10(2)16/h3-8H,1-2H3/b12-8+. The van der Waals surface area contributed by atoms with Crippen LogP contribution in [-0.2, 0) is 4.79 Å². The maximum Gasteiger partial charge on any atom is 0.189 e. The number of hydrogen-bond acceptors (Lipinski definition) is 4. The van der Waals surface area contributed by atoms with Crippen LogP contribution in [0.5, 0.6) is 0 Å². The summed E-state index contributed by atoms with van der Waals surface area (Å²) >= 11 is 6.41. The topological polar surface area (TPSA) is 32.7 Å². The van der Waals surface area contributed by atoms with Crippen molar-refractivity contribution in [2.24, 2.45) is 5.10 Å². The van der Waals surface area contributed by atoms with Gasteiger partial charge in [-0.25, -0.2) is 0 Å². The molecule has 5 heteroatoms. The molecular weight excluding hydrogens is 264 g/mol. The normalized spacial score (nSPS) is 16.9. The molecule has 0 aliphatic carbocycles. The van der Waals surface area contributed by atoms with Gasteiger partial charge in [-0.1, -0.05) is 42.5 Å². The number of thiocarbonyl (C=S) groups is 1. The number of ketones is 1. The Labute approximate surface area is 116 Å². The van der Waals surface area contributed by atoms with E-state index in [-0.39, 0.29) is 10.8 Å². The first-order valence-electron chi connectivity index (χ1n) is 5.43. The molecule has 0 saturated carbocycles. The van der Waals surface area contributed by atoms with Gasteiger partial charge < -0.3 is 0 Å². The summed E-state index contributed by atoms with van der Waals surface area (Å²) in [5.41, 5.74) is 1.97. The average molecular weight is 276 g/mol. The van der Waals surface area contributed by atoms with Crippen LogP contribution in [0.2, 0.25) is 0 Å². The van der Waals surface area contributed by atoms with E-state index in [9.17, 15) is 4.79 Å². The van der Waals surface area contributed by atoms with Gasteiger partial charge in [0.1, 0.15) is 0 Å². The number of carbonyl (C=O) groups excluding carboxylic acids is 1. The predicted molar refractivity (Wildman–Crippen MR) is 80.2 cm³/mol. The summed E-state index contributed by atoms with van der Waals surface area (Å²) < 4.78 is 1.50. The highest BCUT2D eigenvalue weighted by Gasteiger charge is 2.23. The molecule has 0 bridgehead atoms. The fraction of sp³-hybridized carbons (Fsp3) is 0.154. The van der Waals surface area contributed by atoms with Crippen LogP contribution in [0, 0.1) is 0 Å². The monoisotopic (exact) mass is 276 g/mol. The summed E-state index contributed by atoms with van der Waals surface area (Å²) in [7, 11) is 0. The van der Waals surface area contributed by atoms with Crippen LogP contribution in [0.4, 0.5) is 0 Å². The quantitative estimate of drug-likeness (QED) is 0.613. The number of carbonyl (C=O) groups is 1. The zero-order chi connectivity index (χ0) is 13.1. The first-order valence-corrected chi connectivity index (χ1v) is 6.61. The number of allylic oxidation sites excluding steroid dienone is 1. The molecule has 0 atom stereocenters. The second kappa shape index (κ2) is 5.46. The molecule has 3 nitrogen and oxygen atoms in total. The van der Waals surface area contributed by atoms with E-state index in [1.807, 2.05) is 43.3 Å². The van der Waals surface area contributed by atoms with Gasteiger partial charge in [-0.05, 0) is 18.6 Å². The van der Waals surface area contributed by atoms with Crippen LogP contribution in [0.1, 0.15) is 19.4 Å². The molecular formula is C13H12N2OS2. The van der Waals surface area contributed by atoms with Crippen LogP contribution in [0.15, 0.2) is 40.3 Å². The fourth-order valence-electron chi connectivity index (χ4n) is 1.42. The van der Waals surface area contributed by atoms with Gasteiger partial charge in [0, 0.05) is 18.9 Å². The second-order valence-corrected chi connectivity index (χ2v) is 5.19. The van der Waals surface area contributed by atoms with Gasteiger partial charge >= 0.3 is 0 Å².